The normalized spacial score (nSPS) is 11.8. The predicted molar refractivity (Wildman–Crippen MR) is 116 cm³/mol. The van der Waals surface area contributed by atoms with E-state index >= 15 is 0 Å². The maximum Gasteiger partial charge on any atom is 0.318 e. The fraction of sp³-hybridized carbons (Fsp3) is 0.545. The molecule has 0 saturated heterocycles. The third-order valence-corrected chi connectivity index (χ3v) is 5.06. The molecule has 0 aliphatic rings. The van der Waals surface area contributed by atoms with E-state index in [1.165, 1.54) is 5.56 Å². The molecular weight excluding hydrogens is 370 g/mol. The molecule has 1 aromatic carbocycles. The molecule has 2 amide bonds. The Morgan fingerprint density at radius 3 is 2.50 bits per heavy atom. The number of urea groups is 1. The van der Waals surface area contributed by atoms with Crippen molar-refractivity contribution in [3.05, 3.63) is 45.9 Å². The van der Waals surface area contributed by atoms with Gasteiger partial charge in [0.25, 0.3) is 0 Å². The van der Waals surface area contributed by atoms with Crippen molar-refractivity contribution in [2.45, 2.75) is 79.1 Å². The SMILES string of the molecule is CC(C)c1ccccc1OCc1nc(CN(C(=O)NC(C)(C)C)C(C)C)cs1. The van der Waals surface area contributed by atoms with Gasteiger partial charge in [0.1, 0.15) is 17.4 Å². The fourth-order valence-electron chi connectivity index (χ4n) is 2.77. The number of amides is 2. The quantitative estimate of drug-likeness (QED) is 0.658. The second kappa shape index (κ2) is 9.41. The molecule has 0 saturated carbocycles. The van der Waals surface area contributed by atoms with Crippen molar-refractivity contribution in [3.63, 3.8) is 0 Å². The van der Waals surface area contributed by atoms with Gasteiger partial charge >= 0.3 is 6.03 Å². The van der Waals surface area contributed by atoms with Crippen LogP contribution in [0.25, 0.3) is 0 Å². The van der Waals surface area contributed by atoms with Gasteiger partial charge in [0, 0.05) is 17.0 Å². The minimum absolute atomic E-state index is 0.0702. The molecule has 6 heteroatoms. The molecule has 1 N–H and O–H groups in total. The monoisotopic (exact) mass is 403 g/mol. The summed E-state index contributed by atoms with van der Waals surface area (Å²) in [6, 6.07) is 8.14. The molecule has 0 radical (unpaired) electrons. The number of thiazole rings is 1. The Bertz CT molecular complexity index is 778. The van der Waals surface area contributed by atoms with Gasteiger partial charge in [-0.3, -0.25) is 0 Å². The van der Waals surface area contributed by atoms with Gasteiger partial charge in [-0.15, -0.1) is 11.3 Å². The van der Waals surface area contributed by atoms with Gasteiger partial charge in [-0.05, 0) is 52.2 Å². The molecule has 0 unspecified atom stereocenters. The summed E-state index contributed by atoms with van der Waals surface area (Å²) in [4.78, 5) is 19.1. The van der Waals surface area contributed by atoms with Crippen LogP contribution in [0, 0.1) is 0 Å². The number of hydrogen-bond donors (Lipinski definition) is 1. The van der Waals surface area contributed by atoms with Crippen molar-refractivity contribution in [2.24, 2.45) is 0 Å². The molecule has 1 aromatic heterocycles. The molecule has 0 atom stereocenters. The fourth-order valence-corrected chi connectivity index (χ4v) is 3.47. The predicted octanol–water partition coefficient (Wildman–Crippen LogP) is 5.56. The number of rotatable bonds is 7. The molecule has 0 spiro atoms. The minimum atomic E-state index is -0.269. The van der Waals surface area contributed by atoms with Crippen LogP contribution in [0.5, 0.6) is 5.75 Å². The Kier molecular flexibility index (Phi) is 7.47. The summed E-state index contributed by atoms with van der Waals surface area (Å²) in [7, 11) is 0. The Labute approximate surface area is 173 Å². The molecule has 0 aliphatic heterocycles. The van der Waals surface area contributed by atoms with Crippen molar-refractivity contribution >= 4 is 17.4 Å². The van der Waals surface area contributed by atoms with Gasteiger partial charge in [0.15, 0.2) is 0 Å². The van der Waals surface area contributed by atoms with Crippen LogP contribution in [0.3, 0.4) is 0 Å². The summed E-state index contributed by atoms with van der Waals surface area (Å²) < 4.78 is 6.02. The summed E-state index contributed by atoms with van der Waals surface area (Å²) in [6.07, 6.45) is 0. The van der Waals surface area contributed by atoms with E-state index < -0.39 is 0 Å². The number of nitrogens with one attached hydrogen (secondary N) is 1. The molecule has 0 aliphatic carbocycles. The zero-order chi connectivity index (χ0) is 20.9. The highest BCUT2D eigenvalue weighted by atomic mass is 32.1. The third kappa shape index (κ3) is 6.51. The Balaban J connectivity index is 2.02. The van der Waals surface area contributed by atoms with E-state index in [1.54, 1.807) is 16.2 Å². The first-order valence-electron chi connectivity index (χ1n) is 9.80. The van der Waals surface area contributed by atoms with Gasteiger partial charge in [-0.1, -0.05) is 32.0 Å². The number of para-hydroxylation sites is 1. The lowest BCUT2D eigenvalue weighted by atomic mass is 10.0. The second-order valence-electron chi connectivity index (χ2n) is 8.62. The lowest BCUT2D eigenvalue weighted by molar-refractivity contribution is 0.170. The molecule has 2 rings (SSSR count). The van der Waals surface area contributed by atoms with E-state index in [-0.39, 0.29) is 17.6 Å². The maximum absolute atomic E-state index is 12.6. The highest BCUT2D eigenvalue weighted by Gasteiger charge is 2.22. The first-order chi connectivity index (χ1) is 13.1. The summed E-state index contributed by atoms with van der Waals surface area (Å²) in [5, 5.41) is 5.95. The maximum atomic E-state index is 12.6. The molecule has 5 nitrogen and oxygen atoms in total. The van der Waals surface area contributed by atoms with Crippen LogP contribution in [0.1, 0.15) is 70.6 Å². The highest BCUT2D eigenvalue weighted by molar-refractivity contribution is 7.09. The Morgan fingerprint density at radius 2 is 1.89 bits per heavy atom. The Morgan fingerprint density at radius 1 is 1.21 bits per heavy atom. The lowest BCUT2D eigenvalue weighted by Gasteiger charge is -2.30. The van der Waals surface area contributed by atoms with E-state index in [4.69, 9.17) is 4.74 Å². The summed E-state index contributed by atoms with van der Waals surface area (Å²) in [5.74, 6) is 1.31. The Hall–Kier alpha value is -2.08. The van der Waals surface area contributed by atoms with Crippen LogP contribution < -0.4 is 10.1 Å². The first-order valence-corrected chi connectivity index (χ1v) is 10.7. The molecule has 154 valence electrons. The summed E-state index contributed by atoms with van der Waals surface area (Å²) in [5.41, 5.74) is 1.82. The van der Waals surface area contributed by atoms with Crippen LogP contribution >= 0.6 is 11.3 Å². The number of carbonyl (C=O) groups excluding carboxylic acids is 1. The van der Waals surface area contributed by atoms with Crippen LogP contribution in [0.4, 0.5) is 4.79 Å². The zero-order valence-corrected chi connectivity index (χ0v) is 18.9. The molecular formula is C22H33N3O2S. The number of aromatic nitrogens is 1. The van der Waals surface area contributed by atoms with Gasteiger partial charge in [-0.25, -0.2) is 9.78 Å². The van der Waals surface area contributed by atoms with Crippen LogP contribution in [0.15, 0.2) is 29.6 Å². The van der Waals surface area contributed by atoms with Gasteiger partial charge in [0.05, 0.1) is 12.2 Å². The largest absolute Gasteiger partial charge is 0.486 e. The molecule has 28 heavy (non-hydrogen) atoms. The minimum Gasteiger partial charge on any atom is -0.486 e. The average molecular weight is 404 g/mol. The van der Waals surface area contributed by atoms with Crippen LogP contribution in [0.2, 0.25) is 0 Å². The number of nitrogens with zero attached hydrogens (tertiary/aromatic N) is 2. The van der Waals surface area contributed by atoms with E-state index in [0.717, 1.165) is 16.5 Å². The van der Waals surface area contributed by atoms with E-state index in [1.807, 2.05) is 58.2 Å². The van der Waals surface area contributed by atoms with Gasteiger partial charge in [-0.2, -0.15) is 0 Å². The number of ether oxygens (including phenoxy) is 1. The molecule has 0 bridgehead atoms. The topological polar surface area (TPSA) is 54.5 Å². The van der Waals surface area contributed by atoms with Crippen molar-refractivity contribution in [1.82, 2.24) is 15.2 Å². The van der Waals surface area contributed by atoms with Crippen molar-refractivity contribution < 1.29 is 9.53 Å². The van der Waals surface area contributed by atoms with Gasteiger partial charge < -0.3 is 15.0 Å². The zero-order valence-electron chi connectivity index (χ0n) is 18.1. The number of benzene rings is 1. The van der Waals surface area contributed by atoms with Crippen molar-refractivity contribution in [3.8, 4) is 5.75 Å². The summed E-state index contributed by atoms with van der Waals surface area (Å²) in [6.45, 7) is 15.2. The van der Waals surface area contributed by atoms with Gasteiger partial charge in [0.2, 0.25) is 0 Å². The second-order valence-corrected chi connectivity index (χ2v) is 9.56. The number of carbonyl (C=O) groups is 1. The van der Waals surface area contributed by atoms with Crippen molar-refractivity contribution in [1.29, 1.82) is 0 Å². The molecule has 2 aromatic rings. The molecule has 1 heterocycles. The van der Waals surface area contributed by atoms with Crippen molar-refractivity contribution in [2.75, 3.05) is 0 Å². The number of hydrogen-bond acceptors (Lipinski definition) is 4. The average Bonchev–Trinajstić information content (AvgIpc) is 3.03. The van der Waals surface area contributed by atoms with E-state index in [0.29, 0.717) is 19.1 Å². The lowest BCUT2D eigenvalue weighted by Crippen LogP contribution is -2.50. The highest BCUT2D eigenvalue weighted by Crippen LogP contribution is 2.27. The molecule has 0 fully saturated rings. The first kappa shape index (κ1) is 22.2. The van der Waals surface area contributed by atoms with E-state index in [2.05, 4.69) is 30.2 Å². The van der Waals surface area contributed by atoms with Crippen LogP contribution in [-0.2, 0) is 13.2 Å². The van der Waals surface area contributed by atoms with E-state index in [9.17, 15) is 4.79 Å². The smallest absolute Gasteiger partial charge is 0.318 e. The summed E-state index contributed by atoms with van der Waals surface area (Å²) >= 11 is 1.57. The standard InChI is InChI=1S/C22H33N3O2S/c1-15(2)18-10-8-9-11-19(18)27-13-20-23-17(14-28-20)12-25(16(3)4)21(26)24-22(5,6)7/h8-11,14-16H,12-13H2,1-7H3,(H,24,26). The third-order valence-electron chi connectivity index (χ3n) is 4.19. The van der Waals surface area contributed by atoms with Crippen LogP contribution in [-0.4, -0.2) is 27.5 Å².